The molecule has 4 rings (SSSR count). The van der Waals surface area contributed by atoms with Crippen molar-refractivity contribution in [2.45, 2.75) is 23.0 Å². The van der Waals surface area contributed by atoms with Gasteiger partial charge in [0.2, 0.25) is 0 Å². The van der Waals surface area contributed by atoms with Gasteiger partial charge in [0, 0.05) is 25.5 Å². The van der Waals surface area contributed by atoms with Crippen LogP contribution in [0.5, 0.6) is 0 Å². The Morgan fingerprint density at radius 1 is 1.22 bits per heavy atom. The molecule has 1 saturated heterocycles. The fourth-order valence-corrected chi connectivity index (χ4v) is 5.85. The number of nitrogens with zero attached hydrogens (tertiary/aromatic N) is 2. The summed E-state index contributed by atoms with van der Waals surface area (Å²) in [6.45, 7) is 1.12. The fraction of sp³-hybridized carbons (Fsp3) is 0.312. The van der Waals surface area contributed by atoms with Crippen molar-refractivity contribution >= 4 is 32.4 Å². The van der Waals surface area contributed by atoms with Gasteiger partial charge in [0.1, 0.15) is 4.21 Å². The first-order chi connectivity index (χ1) is 11.2. The van der Waals surface area contributed by atoms with E-state index in [-0.39, 0.29) is 0 Å². The standard InChI is InChI=1S/C16H17N3O2S2/c20-23(21,15-4-2-10-22-15)19-8-5-12(6-9-19)13-11-18-14-3-1-7-17-16(13)14/h1-4,7,10-12,18H,5-6,8-9H2. The summed E-state index contributed by atoms with van der Waals surface area (Å²) >= 11 is 1.28. The van der Waals surface area contributed by atoms with E-state index in [2.05, 4.69) is 9.97 Å². The molecule has 23 heavy (non-hydrogen) atoms. The van der Waals surface area contributed by atoms with Gasteiger partial charge in [-0.15, -0.1) is 11.3 Å². The molecule has 4 heterocycles. The number of hydrogen-bond acceptors (Lipinski definition) is 4. The maximum atomic E-state index is 12.6. The zero-order valence-corrected chi connectivity index (χ0v) is 14.1. The number of aromatic amines is 1. The molecular weight excluding hydrogens is 330 g/mol. The van der Waals surface area contributed by atoms with Crippen LogP contribution in [0.3, 0.4) is 0 Å². The number of sulfonamides is 1. The lowest BCUT2D eigenvalue weighted by molar-refractivity contribution is 0.321. The highest BCUT2D eigenvalue weighted by molar-refractivity contribution is 7.91. The van der Waals surface area contributed by atoms with Gasteiger partial charge in [-0.1, -0.05) is 6.07 Å². The largest absolute Gasteiger partial charge is 0.360 e. The zero-order chi connectivity index (χ0) is 15.9. The Hall–Kier alpha value is -1.70. The lowest BCUT2D eigenvalue weighted by Gasteiger charge is -2.30. The second-order valence-electron chi connectivity index (χ2n) is 5.75. The number of pyridine rings is 1. The average molecular weight is 347 g/mol. The second-order valence-corrected chi connectivity index (χ2v) is 8.87. The summed E-state index contributed by atoms with van der Waals surface area (Å²) in [7, 11) is -3.33. The van der Waals surface area contributed by atoms with Crippen molar-refractivity contribution in [2.24, 2.45) is 0 Å². The van der Waals surface area contributed by atoms with Crippen LogP contribution in [0.4, 0.5) is 0 Å². The van der Waals surface area contributed by atoms with E-state index < -0.39 is 10.0 Å². The molecule has 0 aromatic carbocycles. The highest BCUT2D eigenvalue weighted by Crippen LogP contribution is 2.34. The van der Waals surface area contributed by atoms with E-state index in [9.17, 15) is 8.42 Å². The van der Waals surface area contributed by atoms with E-state index in [1.165, 1.54) is 16.9 Å². The van der Waals surface area contributed by atoms with Crippen molar-refractivity contribution in [3.8, 4) is 0 Å². The maximum absolute atomic E-state index is 12.6. The van der Waals surface area contributed by atoms with E-state index in [1.54, 1.807) is 28.0 Å². The molecule has 0 radical (unpaired) electrons. The molecule has 120 valence electrons. The molecule has 0 bridgehead atoms. The van der Waals surface area contributed by atoms with Gasteiger partial charge >= 0.3 is 0 Å². The molecule has 1 fully saturated rings. The number of H-pyrrole nitrogens is 1. The Morgan fingerprint density at radius 2 is 2.04 bits per heavy atom. The smallest absolute Gasteiger partial charge is 0.252 e. The van der Waals surface area contributed by atoms with Gasteiger partial charge in [0.05, 0.1) is 11.0 Å². The van der Waals surface area contributed by atoms with Crippen LogP contribution in [0.15, 0.2) is 46.2 Å². The molecule has 0 atom stereocenters. The van der Waals surface area contributed by atoms with Crippen LogP contribution < -0.4 is 0 Å². The minimum absolute atomic E-state index is 0.355. The molecule has 0 saturated carbocycles. The van der Waals surface area contributed by atoms with Gasteiger partial charge < -0.3 is 4.98 Å². The monoisotopic (exact) mass is 347 g/mol. The molecule has 3 aromatic rings. The summed E-state index contributed by atoms with van der Waals surface area (Å²) in [5.74, 6) is 0.355. The first-order valence-electron chi connectivity index (χ1n) is 7.62. The molecule has 1 aliphatic rings. The number of nitrogens with one attached hydrogen (secondary N) is 1. The summed E-state index contributed by atoms with van der Waals surface area (Å²) in [4.78, 5) is 7.72. The Balaban J connectivity index is 1.53. The third-order valence-corrected chi connectivity index (χ3v) is 7.72. The summed E-state index contributed by atoms with van der Waals surface area (Å²) < 4.78 is 27.2. The van der Waals surface area contributed by atoms with Crippen molar-refractivity contribution in [1.82, 2.24) is 14.3 Å². The zero-order valence-electron chi connectivity index (χ0n) is 12.5. The molecule has 7 heteroatoms. The van der Waals surface area contributed by atoms with Gasteiger partial charge in [-0.05, 0) is 47.9 Å². The number of aromatic nitrogens is 2. The van der Waals surface area contributed by atoms with Gasteiger partial charge in [-0.2, -0.15) is 4.31 Å². The van der Waals surface area contributed by atoms with Crippen LogP contribution in [0, 0.1) is 0 Å². The van der Waals surface area contributed by atoms with Crippen LogP contribution in [-0.4, -0.2) is 35.8 Å². The first-order valence-corrected chi connectivity index (χ1v) is 9.94. The molecule has 0 aliphatic carbocycles. The normalized spacial score (nSPS) is 17.7. The van der Waals surface area contributed by atoms with E-state index >= 15 is 0 Å². The minimum atomic E-state index is -3.33. The molecule has 0 unspecified atom stereocenters. The van der Waals surface area contributed by atoms with Gasteiger partial charge in [-0.3, -0.25) is 4.98 Å². The molecule has 0 amide bonds. The Labute approximate surface area is 139 Å². The number of hydrogen-bond donors (Lipinski definition) is 1. The molecule has 1 N–H and O–H groups in total. The quantitative estimate of drug-likeness (QED) is 0.791. The predicted molar refractivity (Wildman–Crippen MR) is 91.1 cm³/mol. The summed E-state index contributed by atoms with van der Waals surface area (Å²) in [5, 5.41) is 1.80. The third-order valence-electron chi connectivity index (χ3n) is 4.45. The topological polar surface area (TPSA) is 66.1 Å². The fourth-order valence-electron chi connectivity index (χ4n) is 3.23. The van der Waals surface area contributed by atoms with Gasteiger partial charge in [-0.25, -0.2) is 8.42 Å². The molecule has 3 aromatic heterocycles. The van der Waals surface area contributed by atoms with Crippen molar-refractivity contribution in [3.05, 3.63) is 47.6 Å². The highest BCUT2D eigenvalue weighted by Gasteiger charge is 2.31. The minimum Gasteiger partial charge on any atom is -0.360 e. The molecule has 1 aliphatic heterocycles. The SMILES string of the molecule is O=S(=O)(c1cccs1)N1CCC(c2c[nH]c3cccnc23)CC1. The first kappa shape index (κ1) is 14.9. The highest BCUT2D eigenvalue weighted by atomic mass is 32.2. The van der Waals surface area contributed by atoms with E-state index in [0.29, 0.717) is 23.2 Å². The third kappa shape index (κ3) is 2.58. The van der Waals surface area contributed by atoms with E-state index in [0.717, 1.165) is 23.9 Å². The lowest BCUT2D eigenvalue weighted by Crippen LogP contribution is -2.37. The van der Waals surface area contributed by atoms with E-state index in [1.807, 2.05) is 18.3 Å². The van der Waals surface area contributed by atoms with Crippen molar-refractivity contribution in [3.63, 3.8) is 0 Å². The molecule has 0 spiro atoms. The van der Waals surface area contributed by atoms with Crippen LogP contribution in [-0.2, 0) is 10.0 Å². The maximum Gasteiger partial charge on any atom is 0.252 e. The Bertz CT molecular complexity index is 908. The summed E-state index contributed by atoms with van der Waals surface area (Å²) in [6.07, 6.45) is 5.48. The second kappa shape index (κ2) is 5.74. The van der Waals surface area contributed by atoms with Crippen molar-refractivity contribution in [2.75, 3.05) is 13.1 Å². The van der Waals surface area contributed by atoms with Crippen LogP contribution >= 0.6 is 11.3 Å². The summed E-state index contributed by atoms with van der Waals surface area (Å²) in [5.41, 5.74) is 3.25. The number of thiophene rings is 1. The van der Waals surface area contributed by atoms with Crippen molar-refractivity contribution in [1.29, 1.82) is 0 Å². The van der Waals surface area contributed by atoms with E-state index in [4.69, 9.17) is 0 Å². The number of fused-ring (bicyclic) bond motifs is 1. The lowest BCUT2D eigenvalue weighted by atomic mass is 9.91. The Morgan fingerprint density at radius 3 is 2.78 bits per heavy atom. The predicted octanol–water partition coefficient (Wildman–Crippen LogP) is 3.19. The van der Waals surface area contributed by atoms with Crippen LogP contribution in [0.2, 0.25) is 0 Å². The Kier molecular flexibility index (Phi) is 3.71. The molecule has 5 nitrogen and oxygen atoms in total. The van der Waals surface area contributed by atoms with Gasteiger partial charge in [0.25, 0.3) is 10.0 Å². The molecular formula is C16H17N3O2S2. The van der Waals surface area contributed by atoms with Crippen LogP contribution in [0.1, 0.15) is 24.3 Å². The van der Waals surface area contributed by atoms with Crippen molar-refractivity contribution < 1.29 is 8.42 Å². The number of piperidine rings is 1. The van der Waals surface area contributed by atoms with Gasteiger partial charge in [0.15, 0.2) is 0 Å². The summed E-state index contributed by atoms with van der Waals surface area (Å²) in [6, 6.07) is 7.39. The average Bonchev–Trinajstić information content (AvgIpc) is 3.25. The number of rotatable bonds is 3. The van der Waals surface area contributed by atoms with Crippen LogP contribution in [0.25, 0.3) is 11.0 Å².